The van der Waals surface area contributed by atoms with Gasteiger partial charge >= 0.3 is 0 Å². The Hall–Kier alpha value is -2.63. The minimum atomic E-state index is -0.357. The number of aromatic nitrogens is 2. The molecular weight excluding hydrogens is 256 g/mol. The smallest absolute Gasteiger partial charge is 0.291 e. The van der Waals surface area contributed by atoms with Crippen LogP contribution in [0.15, 0.2) is 35.4 Å². The first kappa shape index (κ1) is 12.4. The van der Waals surface area contributed by atoms with Crippen LogP contribution in [-0.2, 0) is 0 Å². The maximum absolute atomic E-state index is 11.8. The van der Waals surface area contributed by atoms with Gasteiger partial charge in [-0.05, 0) is 36.6 Å². The highest BCUT2D eigenvalue weighted by atomic mass is 16.3. The van der Waals surface area contributed by atoms with Crippen LogP contribution in [0.1, 0.15) is 40.5 Å². The number of phenolic OH excluding ortho intramolecular Hbond substituents is 1. The van der Waals surface area contributed by atoms with Crippen molar-refractivity contribution in [3.8, 4) is 5.75 Å². The molecule has 3 rings (SSSR count). The van der Waals surface area contributed by atoms with Gasteiger partial charge in [0.05, 0.1) is 6.21 Å². The quantitative estimate of drug-likeness (QED) is 0.584. The van der Waals surface area contributed by atoms with Gasteiger partial charge in [0.1, 0.15) is 5.75 Å². The number of hydrogen-bond acceptors (Lipinski definition) is 4. The van der Waals surface area contributed by atoms with Crippen molar-refractivity contribution in [2.75, 3.05) is 0 Å². The topological polar surface area (TPSA) is 90.4 Å². The molecule has 0 spiro atoms. The zero-order chi connectivity index (χ0) is 13.9. The molecule has 0 unspecified atom stereocenters. The van der Waals surface area contributed by atoms with E-state index in [1.807, 2.05) is 0 Å². The Morgan fingerprint density at radius 3 is 3.05 bits per heavy atom. The molecule has 1 aliphatic carbocycles. The van der Waals surface area contributed by atoms with E-state index in [0.29, 0.717) is 17.2 Å². The zero-order valence-electron chi connectivity index (χ0n) is 10.7. The molecule has 3 N–H and O–H groups in total. The molecule has 1 saturated carbocycles. The van der Waals surface area contributed by atoms with E-state index in [9.17, 15) is 9.90 Å². The van der Waals surface area contributed by atoms with Crippen LogP contribution in [-0.4, -0.2) is 27.4 Å². The van der Waals surface area contributed by atoms with E-state index in [0.717, 1.165) is 18.5 Å². The van der Waals surface area contributed by atoms with Gasteiger partial charge in [-0.1, -0.05) is 12.1 Å². The summed E-state index contributed by atoms with van der Waals surface area (Å²) in [5, 5.41) is 20.0. The van der Waals surface area contributed by atoms with Crippen LogP contribution in [0, 0.1) is 0 Å². The Kier molecular flexibility index (Phi) is 3.20. The number of carbonyl (C=O) groups is 1. The van der Waals surface area contributed by atoms with Crippen molar-refractivity contribution in [1.82, 2.24) is 15.6 Å². The maximum atomic E-state index is 11.8. The van der Waals surface area contributed by atoms with Gasteiger partial charge < -0.3 is 5.11 Å². The highest BCUT2D eigenvalue weighted by molar-refractivity contribution is 5.93. The molecule has 1 fully saturated rings. The van der Waals surface area contributed by atoms with Crippen molar-refractivity contribution in [3.05, 3.63) is 47.3 Å². The molecule has 102 valence electrons. The molecule has 0 saturated heterocycles. The molecule has 0 bridgehead atoms. The lowest BCUT2D eigenvalue weighted by molar-refractivity contribution is 0.0950. The lowest BCUT2D eigenvalue weighted by atomic mass is 10.2. The highest BCUT2D eigenvalue weighted by Crippen LogP contribution is 2.38. The van der Waals surface area contributed by atoms with Crippen molar-refractivity contribution in [2.45, 2.75) is 18.8 Å². The van der Waals surface area contributed by atoms with Gasteiger partial charge in [0, 0.05) is 11.6 Å². The van der Waals surface area contributed by atoms with Crippen LogP contribution in [0.25, 0.3) is 0 Å². The fraction of sp³-hybridized carbons (Fsp3) is 0.214. The SMILES string of the molecule is O=C(N/N=C\c1cccc(O)c1)c1cc(C2CC2)[nH]n1. The van der Waals surface area contributed by atoms with E-state index in [2.05, 4.69) is 20.7 Å². The summed E-state index contributed by atoms with van der Waals surface area (Å²) in [7, 11) is 0. The molecule has 1 aromatic heterocycles. The van der Waals surface area contributed by atoms with E-state index >= 15 is 0 Å². The molecule has 20 heavy (non-hydrogen) atoms. The van der Waals surface area contributed by atoms with Crippen LogP contribution < -0.4 is 5.43 Å². The minimum Gasteiger partial charge on any atom is -0.508 e. The third-order valence-electron chi connectivity index (χ3n) is 3.10. The van der Waals surface area contributed by atoms with Crippen molar-refractivity contribution in [3.63, 3.8) is 0 Å². The number of phenols is 1. The second-order valence-electron chi connectivity index (χ2n) is 4.78. The molecule has 0 aliphatic heterocycles. The summed E-state index contributed by atoms with van der Waals surface area (Å²) in [5.41, 5.74) is 4.45. The Labute approximate surface area is 115 Å². The number of benzene rings is 1. The fourth-order valence-corrected chi connectivity index (χ4v) is 1.88. The summed E-state index contributed by atoms with van der Waals surface area (Å²) >= 11 is 0. The summed E-state index contributed by atoms with van der Waals surface area (Å²) in [6.45, 7) is 0. The van der Waals surface area contributed by atoms with E-state index in [1.54, 1.807) is 30.3 Å². The van der Waals surface area contributed by atoms with Gasteiger partial charge in [-0.15, -0.1) is 0 Å². The van der Waals surface area contributed by atoms with Crippen molar-refractivity contribution >= 4 is 12.1 Å². The number of nitrogens with one attached hydrogen (secondary N) is 2. The largest absolute Gasteiger partial charge is 0.508 e. The number of hydrogen-bond donors (Lipinski definition) is 3. The second-order valence-corrected chi connectivity index (χ2v) is 4.78. The Morgan fingerprint density at radius 1 is 1.45 bits per heavy atom. The van der Waals surface area contributed by atoms with E-state index < -0.39 is 0 Å². The van der Waals surface area contributed by atoms with Crippen molar-refractivity contribution < 1.29 is 9.90 Å². The molecule has 1 heterocycles. The summed E-state index contributed by atoms with van der Waals surface area (Å²) in [5.74, 6) is 0.325. The number of rotatable bonds is 4. The zero-order valence-corrected chi connectivity index (χ0v) is 10.7. The van der Waals surface area contributed by atoms with Crippen LogP contribution in [0.2, 0.25) is 0 Å². The van der Waals surface area contributed by atoms with Gasteiger partial charge in [-0.2, -0.15) is 10.2 Å². The van der Waals surface area contributed by atoms with Crippen LogP contribution in [0.3, 0.4) is 0 Å². The van der Waals surface area contributed by atoms with Gasteiger partial charge in [0.15, 0.2) is 5.69 Å². The summed E-state index contributed by atoms with van der Waals surface area (Å²) in [6.07, 6.45) is 3.77. The average Bonchev–Trinajstić information content (AvgIpc) is 3.16. The number of carbonyl (C=O) groups excluding carboxylic acids is 1. The van der Waals surface area contributed by atoms with E-state index in [-0.39, 0.29) is 11.7 Å². The molecular formula is C14H14N4O2. The molecule has 2 aromatic rings. The number of aromatic amines is 1. The summed E-state index contributed by atoms with van der Waals surface area (Å²) in [4.78, 5) is 11.8. The number of hydrazone groups is 1. The Bertz CT molecular complexity index is 659. The Morgan fingerprint density at radius 2 is 2.30 bits per heavy atom. The molecule has 1 aromatic carbocycles. The van der Waals surface area contributed by atoms with Crippen LogP contribution in [0.5, 0.6) is 5.75 Å². The van der Waals surface area contributed by atoms with Gasteiger partial charge in [0.25, 0.3) is 5.91 Å². The third-order valence-corrected chi connectivity index (χ3v) is 3.10. The molecule has 1 aliphatic rings. The van der Waals surface area contributed by atoms with E-state index in [4.69, 9.17) is 0 Å². The predicted molar refractivity (Wildman–Crippen MR) is 73.7 cm³/mol. The first-order chi connectivity index (χ1) is 9.72. The number of H-pyrrole nitrogens is 1. The standard InChI is InChI=1S/C14H14N4O2/c19-11-3-1-2-9(6-11)8-15-18-14(20)13-7-12(16-17-13)10-4-5-10/h1-3,6-8,10,19H,4-5H2,(H,16,17)(H,18,20)/b15-8-. The Balaban J connectivity index is 1.60. The van der Waals surface area contributed by atoms with E-state index in [1.165, 1.54) is 6.21 Å². The molecule has 6 nitrogen and oxygen atoms in total. The number of nitrogens with zero attached hydrogens (tertiary/aromatic N) is 2. The lowest BCUT2D eigenvalue weighted by Crippen LogP contribution is -2.18. The average molecular weight is 270 g/mol. The lowest BCUT2D eigenvalue weighted by Gasteiger charge is -1.96. The molecule has 6 heteroatoms. The van der Waals surface area contributed by atoms with Gasteiger partial charge in [0.2, 0.25) is 0 Å². The normalized spacial score (nSPS) is 14.6. The van der Waals surface area contributed by atoms with Crippen LogP contribution >= 0.6 is 0 Å². The van der Waals surface area contributed by atoms with Gasteiger partial charge in [-0.3, -0.25) is 9.89 Å². The summed E-state index contributed by atoms with van der Waals surface area (Å²) in [6, 6.07) is 8.36. The third kappa shape index (κ3) is 2.85. The molecule has 1 amide bonds. The van der Waals surface area contributed by atoms with Crippen LogP contribution in [0.4, 0.5) is 0 Å². The fourth-order valence-electron chi connectivity index (χ4n) is 1.88. The van der Waals surface area contributed by atoms with Crippen molar-refractivity contribution in [1.29, 1.82) is 0 Å². The molecule has 0 radical (unpaired) electrons. The second kappa shape index (κ2) is 5.16. The first-order valence-electron chi connectivity index (χ1n) is 6.40. The predicted octanol–water partition coefficient (Wildman–Crippen LogP) is 1.76. The van der Waals surface area contributed by atoms with Gasteiger partial charge in [-0.25, -0.2) is 5.43 Å². The highest BCUT2D eigenvalue weighted by Gasteiger charge is 2.26. The maximum Gasteiger partial charge on any atom is 0.291 e. The number of amides is 1. The van der Waals surface area contributed by atoms with Crippen molar-refractivity contribution in [2.24, 2.45) is 5.10 Å². The summed E-state index contributed by atoms with van der Waals surface area (Å²) < 4.78 is 0. The number of aromatic hydroxyl groups is 1. The minimum absolute atomic E-state index is 0.154. The monoisotopic (exact) mass is 270 g/mol. The molecule has 0 atom stereocenters. The first-order valence-corrected chi connectivity index (χ1v) is 6.40.